The van der Waals surface area contributed by atoms with E-state index in [1.807, 2.05) is 31.2 Å². The van der Waals surface area contributed by atoms with E-state index in [-0.39, 0.29) is 6.09 Å². The summed E-state index contributed by atoms with van der Waals surface area (Å²) in [6.45, 7) is 6.09. The van der Waals surface area contributed by atoms with Crippen molar-refractivity contribution in [2.24, 2.45) is 0 Å². The maximum absolute atomic E-state index is 12.4. The second kappa shape index (κ2) is 8.02. The fraction of sp³-hybridized carbons (Fsp3) is 0.350. The van der Waals surface area contributed by atoms with Gasteiger partial charge in [-0.3, -0.25) is 9.88 Å². The van der Waals surface area contributed by atoms with E-state index in [2.05, 4.69) is 20.2 Å². The molecule has 1 fully saturated rings. The summed E-state index contributed by atoms with van der Waals surface area (Å²) in [5.74, 6) is 0.535. The number of piperazine rings is 1. The van der Waals surface area contributed by atoms with Gasteiger partial charge in [-0.05, 0) is 25.1 Å². The predicted molar refractivity (Wildman–Crippen MR) is 106 cm³/mol. The van der Waals surface area contributed by atoms with Crippen molar-refractivity contribution in [2.75, 3.05) is 32.7 Å². The zero-order valence-corrected chi connectivity index (χ0v) is 16.1. The summed E-state index contributed by atoms with van der Waals surface area (Å²) < 4.78 is 5.55. The minimum absolute atomic E-state index is 0.292. The molecule has 0 aliphatic carbocycles. The number of carbonyl (C=O) groups excluding carboxylic acids is 1. The van der Waals surface area contributed by atoms with Crippen molar-refractivity contribution in [3.63, 3.8) is 0 Å². The first-order valence-electron chi connectivity index (χ1n) is 9.12. The molecule has 7 heteroatoms. The Labute approximate surface area is 162 Å². The van der Waals surface area contributed by atoms with Gasteiger partial charge in [-0.25, -0.2) is 9.78 Å². The van der Waals surface area contributed by atoms with E-state index in [1.165, 1.54) is 0 Å². The van der Waals surface area contributed by atoms with Gasteiger partial charge in [0, 0.05) is 62.2 Å². The Morgan fingerprint density at radius 3 is 2.85 bits per heavy atom. The number of aromatic nitrogens is 2. The van der Waals surface area contributed by atoms with Gasteiger partial charge < -0.3 is 9.64 Å². The quantitative estimate of drug-likeness (QED) is 0.692. The molecule has 1 aromatic carbocycles. The number of ether oxygens (including phenoxy) is 1. The lowest BCUT2D eigenvalue weighted by Crippen LogP contribution is -2.49. The molecule has 0 N–H and O–H groups in total. The summed E-state index contributed by atoms with van der Waals surface area (Å²) in [5, 5.41) is 4.27. The van der Waals surface area contributed by atoms with Crippen LogP contribution in [0.4, 0.5) is 4.79 Å². The van der Waals surface area contributed by atoms with Gasteiger partial charge >= 0.3 is 6.09 Å². The molecular weight excluding hydrogens is 360 g/mol. The van der Waals surface area contributed by atoms with Crippen LogP contribution in [0.1, 0.15) is 10.7 Å². The summed E-state index contributed by atoms with van der Waals surface area (Å²) in [5.41, 5.74) is 1.98. The van der Waals surface area contributed by atoms with E-state index in [0.29, 0.717) is 18.8 Å². The van der Waals surface area contributed by atoms with Crippen LogP contribution in [0, 0.1) is 6.92 Å². The van der Waals surface area contributed by atoms with Gasteiger partial charge in [0.05, 0.1) is 16.2 Å². The summed E-state index contributed by atoms with van der Waals surface area (Å²) in [4.78, 5) is 25.4. The third kappa shape index (κ3) is 4.43. The predicted octanol–water partition coefficient (Wildman–Crippen LogP) is 3.36. The van der Waals surface area contributed by atoms with Crippen LogP contribution < -0.4 is 4.74 Å². The Morgan fingerprint density at radius 1 is 1.22 bits per heavy atom. The highest BCUT2D eigenvalue weighted by Gasteiger charge is 2.22. The molecule has 0 atom stereocenters. The molecule has 1 aliphatic heterocycles. The molecule has 4 rings (SSSR count). The number of hydrogen-bond donors (Lipinski definition) is 0. The normalized spacial score (nSPS) is 15.2. The Hall–Kier alpha value is -2.51. The number of hydrogen-bond acceptors (Lipinski definition) is 6. The Balaban J connectivity index is 1.27. The first kappa shape index (κ1) is 17.9. The van der Waals surface area contributed by atoms with Crippen LogP contribution >= 0.6 is 11.3 Å². The van der Waals surface area contributed by atoms with E-state index in [4.69, 9.17) is 4.74 Å². The van der Waals surface area contributed by atoms with Crippen LogP contribution in [0.25, 0.3) is 10.9 Å². The van der Waals surface area contributed by atoms with Crippen molar-refractivity contribution < 1.29 is 9.53 Å². The van der Waals surface area contributed by atoms with E-state index < -0.39 is 0 Å². The number of thiazole rings is 1. The Kier molecular flexibility index (Phi) is 5.31. The van der Waals surface area contributed by atoms with Crippen molar-refractivity contribution >= 4 is 28.3 Å². The van der Waals surface area contributed by atoms with Crippen molar-refractivity contribution in [1.29, 1.82) is 0 Å². The molecule has 27 heavy (non-hydrogen) atoms. The van der Waals surface area contributed by atoms with Crippen LogP contribution in [-0.2, 0) is 6.42 Å². The molecule has 0 unspecified atom stereocenters. The minimum Gasteiger partial charge on any atom is -0.410 e. The average molecular weight is 382 g/mol. The van der Waals surface area contributed by atoms with Gasteiger partial charge in [-0.2, -0.15) is 0 Å². The number of benzene rings is 1. The summed E-state index contributed by atoms with van der Waals surface area (Å²) in [6, 6.07) is 9.42. The number of fused-ring (bicyclic) bond motifs is 1. The van der Waals surface area contributed by atoms with Crippen LogP contribution in [0.15, 0.2) is 41.9 Å². The number of rotatable bonds is 4. The average Bonchev–Trinajstić information content (AvgIpc) is 3.12. The first-order valence-corrected chi connectivity index (χ1v) is 10.0. The molecule has 3 heterocycles. The standard InChI is InChI=1S/C20H22N4O2S/c1-15-22-17(14-27-15)6-8-23-9-11-24(12-10-23)20(25)26-18-5-4-16-3-2-7-21-19(16)13-18/h2-5,7,13-14H,6,8-12H2,1H3. The van der Waals surface area contributed by atoms with Crippen LogP contribution in [0.5, 0.6) is 5.75 Å². The maximum Gasteiger partial charge on any atom is 0.415 e. The smallest absolute Gasteiger partial charge is 0.410 e. The second-order valence-corrected chi connectivity index (χ2v) is 7.72. The van der Waals surface area contributed by atoms with Crippen LogP contribution in [0.2, 0.25) is 0 Å². The van der Waals surface area contributed by atoms with E-state index in [9.17, 15) is 4.79 Å². The number of amides is 1. The van der Waals surface area contributed by atoms with E-state index in [1.54, 1.807) is 28.5 Å². The molecule has 0 bridgehead atoms. The SMILES string of the molecule is Cc1nc(CCN2CCN(C(=O)Oc3ccc4cccnc4c3)CC2)cs1. The van der Waals surface area contributed by atoms with Gasteiger partial charge in [0.1, 0.15) is 5.75 Å². The fourth-order valence-electron chi connectivity index (χ4n) is 3.22. The van der Waals surface area contributed by atoms with Crippen molar-refractivity contribution in [2.45, 2.75) is 13.3 Å². The largest absolute Gasteiger partial charge is 0.415 e. The van der Waals surface area contributed by atoms with Crippen molar-refractivity contribution in [3.05, 3.63) is 52.6 Å². The molecule has 0 saturated carbocycles. The van der Waals surface area contributed by atoms with E-state index in [0.717, 1.165) is 47.7 Å². The van der Waals surface area contributed by atoms with Gasteiger partial charge in [0.2, 0.25) is 0 Å². The fourth-order valence-corrected chi connectivity index (χ4v) is 3.87. The zero-order chi connectivity index (χ0) is 18.6. The minimum atomic E-state index is -0.292. The molecular formula is C20H22N4O2S. The summed E-state index contributed by atoms with van der Waals surface area (Å²) in [6.07, 6.45) is 2.40. The molecule has 1 amide bonds. The van der Waals surface area contributed by atoms with Crippen LogP contribution in [0.3, 0.4) is 0 Å². The monoisotopic (exact) mass is 382 g/mol. The van der Waals surface area contributed by atoms with Gasteiger partial charge in [-0.15, -0.1) is 11.3 Å². The Morgan fingerprint density at radius 2 is 2.07 bits per heavy atom. The second-order valence-electron chi connectivity index (χ2n) is 6.66. The van der Waals surface area contributed by atoms with Gasteiger partial charge in [0.15, 0.2) is 0 Å². The summed E-state index contributed by atoms with van der Waals surface area (Å²) in [7, 11) is 0. The number of carbonyl (C=O) groups is 1. The van der Waals surface area contributed by atoms with Crippen LogP contribution in [-0.4, -0.2) is 58.6 Å². The highest BCUT2D eigenvalue weighted by Crippen LogP contribution is 2.20. The number of nitrogens with zero attached hydrogens (tertiary/aromatic N) is 4. The summed E-state index contributed by atoms with van der Waals surface area (Å²) >= 11 is 1.69. The molecule has 1 aliphatic rings. The topological polar surface area (TPSA) is 58.6 Å². The maximum atomic E-state index is 12.4. The lowest BCUT2D eigenvalue weighted by Gasteiger charge is -2.33. The molecule has 1 saturated heterocycles. The van der Waals surface area contributed by atoms with Crippen molar-refractivity contribution in [1.82, 2.24) is 19.8 Å². The molecule has 2 aromatic heterocycles. The Bertz CT molecular complexity index is 934. The zero-order valence-electron chi connectivity index (χ0n) is 15.3. The number of aryl methyl sites for hydroxylation is 1. The molecule has 0 spiro atoms. The van der Waals surface area contributed by atoms with Crippen molar-refractivity contribution in [3.8, 4) is 5.75 Å². The van der Waals surface area contributed by atoms with Gasteiger partial charge in [-0.1, -0.05) is 6.07 Å². The van der Waals surface area contributed by atoms with E-state index >= 15 is 0 Å². The lowest BCUT2D eigenvalue weighted by molar-refractivity contribution is 0.111. The van der Waals surface area contributed by atoms with Gasteiger partial charge in [0.25, 0.3) is 0 Å². The number of pyridine rings is 1. The first-order chi connectivity index (χ1) is 13.2. The molecule has 6 nitrogen and oxygen atoms in total. The third-order valence-electron chi connectivity index (χ3n) is 4.76. The molecule has 3 aromatic rings. The highest BCUT2D eigenvalue weighted by atomic mass is 32.1. The molecule has 140 valence electrons. The highest BCUT2D eigenvalue weighted by molar-refractivity contribution is 7.09. The lowest BCUT2D eigenvalue weighted by atomic mass is 10.2. The molecule has 0 radical (unpaired) electrons. The third-order valence-corrected chi connectivity index (χ3v) is 5.59.